The fourth-order valence-electron chi connectivity index (χ4n) is 2.30. The van der Waals surface area contributed by atoms with Gasteiger partial charge in [0.1, 0.15) is 5.56 Å². The van der Waals surface area contributed by atoms with Crippen LogP contribution in [-0.4, -0.2) is 60.8 Å². The number of hydrogen-bond donors (Lipinski definition) is 3. The second-order valence-corrected chi connectivity index (χ2v) is 6.92. The van der Waals surface area contributed by atoms with Crippen LogP contribution in [0, 0.1) is 0 Å². The Bertz CT molecular complexity index is 604. The largest absolute Gasteiger partial charge is 0.478 e. The van der Waals surface area contributed by atoms with Crippen LogP contribution < -0.4 is 4.72 Å². The first-order valence-corrected chi connectivity index (χ1v) is 7.71. The molecule has 0 aromatic carbocycles. The maximum absolute atomic E-state index is 12.2. The lowest BCUT2D eigenvalue weighted by molar-refractivity contribution is 0.0656. The third-order valence-corrected chi connectivity index (χ3v) is 5.30. The van der Waals surface area contributed by atoms with E-state index in [-0.39, 0.29) is 17.6 Å². The van der Waals surface area contributed by atoms with Gasteiger partial charge in [-0.15, -0.1) is 0 Å². The van der Waals surface area contributed by atoms with Crippen molar-refractivity contribution in [2.24, 2.45) is 0 Å². The summed E-state index contributed by atoms with van der Waals surface area (Å²) in [4.78, 5) is 12.9. The minimum absolute atomic E-state index is 0.184. The van der Waals surface area contributed by atoms with E-state index in [1.54, 1.807) is 0 Å². The van der Waals surface area contributed by atoms with Crippen molar-refractivity contribution >= 4 is 16.0 Å². The first kappa shape index (κ1) is 14.9. The van der Waals surface area contributed by atoms with E-state index in [0.717, 1.165) is 25.5 Å². The molecule has 1 aliphatic carbocycles. The number of carboxylic acid groups (broad SMARTS) is 1. The van der Waals surface area contributed by atoms with Gasteiger partial charge in [-0.3, -0.25) is 5.10 Å². The zero-order chi connectivity index (χ0) is 15.0. The third-order valence-electron chi connectivity index (χ3n) is 3.93. The molecule has 3 N–H and O–H groups in total. The topological polar surface area (TPSA) is 115 Å². The summed E-state index contributed by atoms with van der Waals surface area (Å²) in [6.07, 6.45) is 3.88. The minimum atomic E-state index is -3.91. The third kappa shape index (κ3) is 2.56. The predicted octanol–water partition coefficient (Wildman–Crippen LogP) is -0.129. The maximum Gasteiger partial charge on any atom is 0.340 e. The van der Waals surface area contributed by atoms with Crippen molar-refractivity contribution in [3.8, 4) is 0 Å². The molecular formula is C11H18N4O4S. The highest BCUT2D eigenvalue weighted by molar-refractivity contribution is 7.89. The average molecular weight is 302 g/mol. The summed E-state index contributed by atoms with van der Waals surface area (Å²) in [5.74, 6) is -1.33. The minimum Gasteiger partial charge on any atom is -0.478 e. The van der Waals surface area contributed by atoms with Gasteiger partial charge in [-0.1, -0.05) is 0 Å². The second kappa shape index (κ2) is 5.15. The summed E-state index contributed by atoms with van der Waals surface area (Å²) >= 11 is 0. The van der Waals surface area contributed by atoms with Crippen molar-refractivity contribution < 1.29 is 18.3 Å². The molecule has 1 aliphatic rings. The lowest BCUT2D eigenvalue weighted by Crippen LogP contribution is -2.57. The number of nitrogens with zero attached hydrogens (tertiary/aromatic N) is 2. The number of H-pyrrole nitrogens is 1. The number of likely N-dealkylation sites (N-methyl/N-ethyl adjacent to an activating group) is 1. The Morgan fingerprint density at radius 3 is 2.65 bits per heavy atom. The van der Waals surface area contributed by atoms with Gasteiger partial charge in [-0.25, -0.2) is 17.9 Å². The number of nitrogens with one attached hydrogen (secondary N) is 2. The van der Waals surface area contributed by atoms with Crippen LogP contribution in [0.2, 0.25) is 0 Å². The molecular weight excluding hydrogens is 284 g/mol. The Morgan fingerprint density at radius 1 is 1.55 bits per heavy atom. The molecule has 1 saturated carbocycles. The molecule has 0 aliphatic heterocycles. The van der Waals surface area contributed by atoms with E-state index in [0.29, 0.717) is 0 Å². The van der Waals surface area contributed by atoms with Crippen molar-refractivity contribution in [3.05, 3.63) is 11.8 Å². The van der Waals surface area contributed by atoms with Crippen molar-refractivity contribution in [3.63, 3.8) is 0 Å². The molecule has 2 rings (SSSR count). The summed E-state index contributed by atoms with van der Waals surface area (Å²) in [7, 11) is -0.0930. The zero-order valence-corrected chi connectivity index (χ0v) is 12.2. The average Bonchev–Trinajstić information content (AvgIpc) is 2.76. The number of hydrogen-bond acceptors (Lipinski definition) is 5. The van der Waals surface area contributed by atoms with Crippen LogP contribution in [0.5, 0.6) is 0 Å². The molecule has 1 heterocycles. The number of aromatic carboxylic acids is 1. The van der Waals surface area contributed by atoms with Gasteiger partial charge in [0.05, 0.1) is 6.20 Å². The number of carboxylic acids is 1. The lowest BCUT2D eigenvalue weighted by atomic mass is 9.76. The van der Waals surface area contributed by atoms with Gasteiger partial charge in [0.2, 0.25) is 0 Å². The van der Waals surface area contributed by atoms with Crippen LogP contribution in [0.15, 0.2) is 11.2 Å². The highest BCUT2D eigenvalue weighted by Crippen LogP contribution is 2.35. The zero-order valence-electron chi connectivity index (χ0n) is 11.4. The Morgan fingerprint density at radius 2 is 2.20 bits per heavy atom. The molecule has 0 radical (unpaired) electrons. The molecule has 0 saturated heterocycles. The van der Waals surface area contributed by atoms with E-state index in [2.05, 4.69) is 14.9 Å². The number of sulfonamides is 1. The quantitative estimate of drug-likeness (QED) is 0.674. The molecule has 112 valence electrons. The van der Waals surface area contributed by atoms with Crippen LogP contribution in [0.1, 0.15) is 29.6 Å². The van der Waals surface area contributed by atoms with Gasteiger partial charge in [0, 0.05) is 12.1 Å². The Balaban J connectivity index is 2.16. The SMILES string of the molecule is CN(C)C1(CNS(=O)(=O)c2[nH]ncc2C(=O)O)CCC1. The normalized spacial score (nSPS) is 17.9. The molecule has 9 heteroatoms. The van der Waals surface area contributed by atoms with Crippen molar-refractivity contribution in [2.75, 3.05) is 20.6 Å². The standard InChI is InChI=1S/C11H18N4O4S/c1-15(2)11(4-3-5-11)7-13-20(18,19)9-8(10(16)17)6-12-14-9/h6,13H,3-5,7H2,1-2H3,(H,12,14)(H,16,17). The van der Waals surface area contributed by atoms with Gasteiger partial charge >= 0.3 is 5.97 Å². The van der Waals surface area contributed by atoms with Gasteiger partial charge in [-0.2, -0.15) is 5.10 Å². The Kier molecular flexibility index (Phi) is 3.85. The van der Waals surface area contributed by atoms with Gasteiger partial charge in [-0.05, 0) is 33.4 Å². The molecule has 0 spiro atoms. The van der Waals surface area contributed by atoms with E-state index in [9.17, 15) is 13.2 Å². The Hall–Kier alpha value is -1.45. The highest BCUT2D eigenvalue weighted by Gasteiger charge is 2.40. The van der Waals surface area contributed by atoms with E-state index >= 15 is 0 Å². The van der Waals surface area contributed by atoms with Crippen LogP contribution in [-0.2, 0) is 10.0 Å². The number of aromatic amines is 1. The van der Waals surface area contributed by atoms with Gasteiger partial charge < -0.3 is 10.0 Å². The molecule has 8 nitrogen and oxygen atoms in total. The van der Waals surface area contributed by atoms with E-state index in [4.69, 9.17) is 5.11 Å². The summed E-state index contributed by atoms with van der Waals surface area (Å²) < 4.78 is 26.8. The Labute approximate surface area is 117 Å². The molecule has 0 bridgehead atoms. The van der Waals surface area contributed by atoms with Crippen molar-refractivity contribution in [1.29, 1.82) is 0 Å². The maximum atomic E-state index is 12.2. The fourth-order valence-corrected chi connectivity index (χ4v) is 3.51. The van der Waals surface area contributed by atoms with Crippen molar-refractivity contribution in [1.82, 2.24) is 19.8 Å². The fraction of sp³-hybridized carbons (Fsp3) is 0.636. The van der Waals surface area contributed by atoms with Crippen molar-refractivity contribution in [2.45, 2.75) is 29.8 Å². The molecule has 0 atom stereocenters. The van der Waals surface area contributed by atoms with Crippen LogP contribution in [0.4, 0.5) is 0 Å². The highest BCUT2D eigenvalue weighted by atomic mass is 32.2. The van der Waals surface area contributed by atoms with Gasteiger partial charge in [0.15, 0.2) is 5.03 Å². The number of rotatable bonds is 6. The predicted molar refractivity (Wildman–Crippen MR) is 71.0 cm³/mol. The first-order valence-electron chi connectivity index (χ1n) is 6.22. The monoisotopic (exact) mass is 302 g/mol. The van der Waals surface area contributed by atoms with Gasteiger partial charge in [0.25, 0.3) is 10.0 Å². The number of aromatic nitrogens is 2. The van der Waals surface area contributed by atoms with E-state index in [1.165, 1.54) is 0 Å². The summed E-state index contributed by atoms with van der Waals surface area (Å²) in [6, 6.07) is 0. The smallest absolute Gasteiger partial charge is 0.340 e. The van der Waals surface area contributed by atoms with E-state index < -0.39 is 21.0 Å². The molecule has 1 aromatic heterocycles. The first-order chi connectivity index (χ1) is 9.28. The molecule has 20 heavy (non-hydrogen) atoms. The number of carbonyl (C=O) groups is 1. The summed E-state index contributed by atoms with van der Waals surface area (Å²) in [5, 5.41) is 14.2. The van der Waals surface area contributed by atoms with Crippen LogP contribution in [0.3, 0.4) is 0 Å². The second-order valence-electron chi connectivity index (χ2n) is 5.21. The molecule has 0 unspecified atom stereocenters. The van der Waals surface area contributed by atoms with E-state index in [1.807, 2.05) is 19.0 Å². The van der Waals surface area contributed by atoms with Crippen LogP contribution >= 0.6 is 0 Å². The summed E-state index contributed by atoms with van der Waals surface area (Å²) in [5.41, 5.74) is -0.541. The molecule has 1 aromatic rings. The molecule has 1 fully saturated rings. The lowest BCUT2D eigenvalue weighted by Gasteiger charge is -2.47. The summed E-state index contributed by atoms with van der Waals surface area (Å²) in [6.45, 7) is 0.250. The molecule has 0 amide bonds. The van der Waals surface area contributed by atoms with Crippen LogP contribution in [0.25, 0.3) is 0 Å².